The summed E-state index contributed by atoms with van der Waals surface area (Å²) in [5, 5.41) is 13.4. The number of halogens is 1. The second-order valence-electron chi connectivity index (χ2n) is 8.66. The molecule has 0 fully saturated rings. The van der Waals surface area contributed by atoms with Gasteiger partial charge in [0.2, 0.25) is 17.5 Å². The van der Waals surface area contributed by atoms with Crippen LogP contribution in [0.25, 0.3) is 11.6 Å². The van der Waals surface area contributed by atoms with Crippen molar-refractivity contribution >= 4 is 17.5 Å². The quantitative estimate of drug-likeness (QED) is 0.423. The number of rotatable bonds is 5. The van der Waals surface area contributed by atoms with Crippen LogP contribution in [0.1, 0.15) is 32.2 Å². The summed E-state index contributed by atoms with van der Waals surface area (Å²) in [5.74, 6) is 0.893. The first-order valence-corrected chi connectivity index (χ1v) is 10.4. The van der Waals surface area contributed by atoms with Gasteiger partial charge in [0.15, 0.2) is 0 Å². The highest BCUT2D eigenvalue weighted by atomic mass is 19.1. The van der Waals surface area contributed by atoms with E-state index in [1.165, 1.54) is 24.4 Å². The molecule has 0 unspecified atom stereocenters. The minimum atomic E-state index is -0.673. The molecule has 3 heterocycles. The largest absolute Gasteiger partial charge is 0.439 e. The average Bonchev–Trinajstić information content (AvgIpc) is 3.36. The number of aromatic nitrogens is 5. The average molecular weight is 465 g/mol. The van der Waals surface area contributed by atoms with Gasteiger partial charge in [0.05, 0.1) is 17.1 Å². The SMILES string of the molecule is Cc1cc(-c2nccc(Oc3ccc(NC(=O)Nc4cc(C(C)(C)C)nn4C)c(F)c3)n2)on1. The molecule has 0 aliphatic carbocycles. The lowest BCUT2D eigenvalue weighted by Crippen LogP contribution is -2.21. The van der Waals surface area contributed by atoms with Crippen LogP contribution in [0.5, 0.6) is 11.6 Å². The van der Waals surface area contributed by atoms with Gasteiger partial charge in [-0.3, -0.25) is 10.00 Å². The van der Waals surface area contributed by atoms with Crippen LogP contribution in [0, 0.1) is 12.7 Å². The number of urea groups is 1. The molecule has 176 valence electrons. The zero-order valence-corrected chi connectivity index (χ0v) is 19.4. The monoisotopic (exact) mass is 465 g/mol. The van der Waals surface area contributed by atoms with E-state index in [-0.39, 0.29) is 22.7 Å². The van der Waals surface area contributed by atoms with Crippen LogP contribution in [0.3, 0.4) is 0 Å². The topological polar surface area (TPSA) is 120 Å². The first kappa shape index (κ1) is 22.9. The lowest BCUT2D eigenvalue weighted by molar-refractivity contribution is 0.262. The number of hydrogen-bond donors (Lipinski definition) is 2. The van der Waals surface area contributed by atoms with Gasteiger partial charge in [-0.05, 0) is 19.1 Å². The van der Waals surface area contributed by atoms with Gasteiger partial charge in [0.25, 0.3) is 0 Å². The highest BCUT2D eigenvalue weighted by Crippen LogP contribution is 2.27. The van der Waals surface area contributed by atoms with Gasteiger partial charge >= 0.3 is 6.03 Å². The zero-order valence-electron chi connectivity index (χ0n) is 19.4. The van der Waals surface area contributed by atoms with Crippen molar-refractivity contribution in [3.63, 3.8) is 0 Å². The third kappa shape index (κ3) is 5.20. The van der Waals surface area contributed by atoms with Gasteiger partial charge in [-0.2, -0.15) is 10.1 Å². The molecule has 0 aliphatic heterocycles. The highest BCUT2D eigenvalue weighted by molar-refractivity contribution is 5.99. The Kier molecular flexibility index (Phi) is 6.01. The van der Waals surface area contributed by atoms with Crippen molar-refractivity contribution in [2.24, 2.45) is 7.05 Å². The molecule has 0 radical (unpaired) electrons. The van der Waals surface area contributed by atoms with Gasteiger partial charge < -0.3 is 14.6 Å². The summed E-state index contributed by atoms with van der Waals surface area (Å²) in [6.45, 7) is 7.85. The van der Waals surface area contributed by atoms with Gasteiger partial charge in [-0.1, -0.05) is 25.9 Å². The standard InChI is InChI=1S/C23H24FN7O3/c1-13-10-17(34-30-13)21-25-9-8-20(28-21)33-14-6-7-16(15(24)11-14)26-22(32)27-19-12-18(23(2,3)4)29-31(19)5/h6-12H,1-5H3,(H2,26,27,32). The fourth-order valence-electron chi connectivity index (χ4n) is 2.99. The number of nitrogens with one attached hydrogen (secondary N) is 2. The van der Waals surface area contributed by atoms with Crippen LogP contribution in [0.2, 0.25) is 0 Å². The Labute approximate surface area is 195 Å². The second-order valence-corrected chi connectivity index (χ2v) is 8.66. The summed E-state index contributed by atoms with van der Waals surface area (Å²) >= 11 is 0. The number of ether oxygens (including phenoxy) is 1. The van der Waals surface area contributed by atoms with Gasteiger partial charge in [0.1, 0.15) is 17.4 Å². The van der Waals surface area contributed by atoms with Gasteiger partial charge in [-0.25, -0.2) is 14.2 Å². The number of amides is 2. The number of anilines is 2. The van der Waals surface area contributed by atoms with Crippen molar-refractivity contribution in [3.05, 3.63) is 59.8 Å². The zero-order chi connectivity index (χ0) is 24.5. The molecule has 1 aromatic carbocycles. The highest BCUT2D eigenvalue weighted by Gasteiger charge is 2.20. The minimum Gasteiger partial charge on any atom is -0.439 e. The summed E-state index contributed by atoms with van der Waals surface area (Å²) < 4.78 is 27.0. The molecular weight excluding hydrogens is 441 g/mol. The summed E-state index contributed by atoms with van der Waals surface area (Å²) in [6.07, 6.45) is 1.50. The Morgan fingerprint density at radius 2 is 1.94 bits per heavy atom. The smallest absolute Gasteiger partial charge is 0.324 e. The number of benzene rings is 1. The molecule has 4 aromatic rings. The molecule has 0 saturated heterocycles. The van der Waals surface area contributed by atoms with Crippen molar-refractivity contribution in [3.8, 4) is 23.2 Å². The molecule has 2 amide bonds. The number of hydrogen-bond acceptors (Lipinski definition) is 7. The van der Waals surface area contributed by atoms with E-state index in [0.717, 1.165) is 11.8 Å². The fourth-order valence-corrected chi connectivity index (χ4v) is 2.99. The molecule has 0 atom stereocenters. The molecule has 4 rings (SSSR count). The van der Waals surface area contributed by atoms with Crippen molar-refractivity contribution in [2.45, 2.75) is 33.1 Å². The third-order valence-electron chi connectivity index (χ3n) is 4.78. The normalized spacial score (nSPS) is 11.4. The summed E-state index contributed by atoms with van der Waals surface area (Å²) in [7, 11) is 1.72. The molecule has 0 saturated carbocycles. The molecule has 0 aliphatic rings. The molecule has 3 aromatic heterocycles. The maximum Gasteiger partial charge on any atom is 0.324 e. The number of carbonyl (C=O) groups excluding carboxylic acids is 1. The summed E-state index contributed by atoms with van der Waals surface area (Å²) in [4.78, 5) is 20.8. The molecule has 34 heavy (non-hydrogen) atoms. The van der Waals surface area contributed by atoms with Crippen molar-refractivity contribution in [1.82, 2.24) is 24.9 Å². The lowest BCUT2D eigenvalue weighted by atomic mass is 9.92. The summed E-state index contributed by atoms with van der Waals surface area (Å²) in [6, 6.07) is 8.47. The van der Waals surface area contributed by atoms with E-state index in [4.69, 9.17) is 9.26 Å². The predicted octanol–water partition coefficient (Wildman–Crippen LogP) is 5.05. The van der Waals surface area contributed by atoms with E-state index in [0.29, 0.717) is 23.1 Å². The van der Waals surface area contributed by atoms with Crippen LogP contribution < -0.4 is 15.4 Å². The van der Waals surface area contributed by atoms with Crippen LogP contribution in [0.4, 0.5) is 20.7 Å². The fraction of sp³-hybridized carbons (Fsp3) is 0.261. The summed E-state index contributed by atoms with van der Waals surface area (Å²) in [5.41, 5.74) is 1.33. The molecule has 0 spiro atoms. The van der Waals surface area contributed by atoms with E-state index in [2.05, 4.69) is 30.9 Å². The van der Waals surface area contributed by atoms with Gasteiger partial charge in [0, 0.05) is 42.9 Å². The van der Waals surface area contributed by atoms with Crippen molar-refractivity contribution in [1.29, 1.82) is 0 Å². The van der Waals surface area contributed by atoms with Crippen LogP contribution >= 0.6 is 0 Å². The van der Waals surface area contributed by atoms with E-state index >= 15 is 0 Å². The molecule has 10 nitrogen and oxygen atoms in total. The van der Waals surface area contributed by atoms with E-state index in [1.807, 2.05) is 20.8 Å². The van der Waals surface area contributed by atoms with Crippen molar-refractivity contribution in [2.75, 3.05) is 10.6 Å². The number of nitrogens with zero attached hydrogens (tertiary/aromatic N) is 5. The van der Waals surface area contributed by atoms with E-state index in [1.54, 1.807) is 30.8 Å². The lowest BCUT2D eigenvalue weighted by Gasteiger charge is -2.13. The number of carbonyl (C=O) groups is 1. The molecule has 2 N–H and O–H groups in total. The van der Waals surface area contributed by atoms with E-state index in [9.17, 15) is 9.18 Å². The van der Waals surface area contributed by atoms with Crippen LogP contribution in [-0.2, 0) is 12.5 Å². The van der Waals surface area contributed by atoms with Crippen LogP contribution in [-0.4, -0.2) is 30.9 Å². The molecule has 0 bridgehead atoms. The Morgan fingerprint density at radius 1 is 1.15 bits per heavy atom. The maximum absolute atomic E-state index is 14.6. The van der Waals surface area contributed by atoms with Gasteiger partial charge in [-0.15, -0.1) is 0 Å². The Morgan fingerprint density at radius 3 is 2.59 bits per heavy atom. The molecular formula is C23H24FN7O3. The second kappa shape index (κ2) is 8.93. The minimum absolute atomic E-state index is 0.0106. The Balaban J connectivity index is 1.43. The first-order chi connectivity index (χ1) is 16.1. The van der Waals surface area contributed by atoms with E-state index < -0.39 is 11.8 Å². The van der Waals surface area contributed by atoms with Crippen molar-refractivity contribution < 1.29 is 18.4 Å². The third-order valence-corrected chi connectivity index (χ3v) is 4.78. The maximum atomic E-state index is 14.6. The Bertz CT molecular complexity index is 1340. The molecule has 11 heteroatoms. The van der Waals surface area contributed by atoms with Crippen LogP contribution in [0.15, 0.2) is 47.1 Å². The first-order valence-electron chi connectivity index (χ1n) is 10.4. The Hall–Kier alpha value is -4.28. The number of aryl methyl sites for hydroxylation is 2. The predicted molar refractivity (Wildman–Crippen MR) is 123 cm³/mol.